The number of phenols is 1. The molecule has 3 aromatic rings. The predicted octanol–water partition coefficient (Wildman–Crippen LogP) is 3.17. The summed E-state index contributed by atoms with van der Waals surface area (Å²) in [5.74, 6) is 1.23. The van der Waals surface area contributed by atoms with E-state index in [9.17, 15) is 5.11 Å². The van der Waals surface area contributed by atoms with Gasteiger partial charge in [0.15, 0.2) is 11.5 Å². The number of aromatic hydroxyl groups is 1. The van der Waals surface area contributed by atoms with E-state index < -0.39 is 0 Å². The van der Waals surface area contributed by atoms with Gasteiger partial charge in [0.05, 0.1) is 13.3 Å². The molecule has 122 valence electrons. The molecular weight excluding hydrogens is 324 g/mol. The molecule has 0 aliphatic carbocycles. The summed E-state index contributed by atoms with van der Waals surface area (Å²) in [5.41, 5.74) is 1.76. The summed E-state index contributed by atoms with van der Waals surface area (Å²) in [6.45, 7) is 0. The van der Waals surface area contributed by atoms with Gasteiger partial charge < -0.3 is 9.84 Å². The van der Waals surface area contributed by atoms with Crippen molar-refractivity contribution >= 4 is 18.0 Å². The Bertz CT molecular complexity index is 834. The molecule has 2 aromatic carbocycles. The predicted molar refractivity (Wildman–Crippen MR) is 93.7 cm³/mol. The van der Waals surface area contributed by atoms with Gasteiger partial charge >= 0.3 is 0 Å². The third-order valence-corrected chi connectivity index (χ3v) is 4.29. The molecule has 0 radical (unpaired) electrons. The van der Waals surface area contributed by atoms with Gasteiger partial charge in [0, 0.05) is 11.3 Å². The highest BCUT2D eigenvalue weighted by Crippen LogP contribution is 2.28. The minimum Gasteiger partial charge on any atom is -0.504 e. The minimum atomic E-state index is 0.0512. The van der Waals surface area contributed by atoms with Crippen LogP contribution < -0.4 is 4.74 Å². The van der Waals surface area contributed by atoms with Crippen molar-refractivity contribution in [1.29, 1.82) is 0 Å². The van der Waals surface area contributed by atoms with Gasteiger partial charge in [-0.25, -0.2) is 0 Å². The maximum Gasteiger partial charge on any atom is 0.212 e. The molecule has 0 fully saturated rings. The highest BCUT2D eigenvalue weighted by molar-refractivity contribution is 7.98. The number of rotatable bonds is 6. The largest absolute Gasteiger partial charge is 0.504 e. The van der Waals surface area contributed by atoms with E-state index in [1.165, 1.54) is 19.0 Å². The third kappa shape index (κ3) is 3.75. The molecule has 0 spiro atoms. The van der Waals surface area contributed by atoms with Crippen LogP contribution in [0.3, 0.4) is 0 Å². The Morgan fingerprint density at radius 3 is 2.83 bits per heavy atom. The molecule has 0 saturated carbocycles. The minimum absolute atomic E-state index is 0.0512. The zero-order valence-electron chi connectivity index (χ0n) is 13.0. The number of phenolic OH excluding ortho intramolecular Hbond substituents is 1. The molecule has 1 N–H and O–H groups in total. The van der Waals surface area contributed by atoms with Crippen molar-refractivity contribution in [2.24, 2.45) is 5.10 Å². The standard InChI is InChI=1S/C17H16N4O2S/c1-23-15-9-5-8-14(16(15)22)10-19-21-12-18-20-17(21)24-11-13-6-3-2-4-7-13/h2-10,12,22H,11H2,1H3/b19-10-. The number of hydrogen-bond donors (Lipinski definition) is 1. The fourth-order valence-corrected chi connectivity index (χ4v) is 2.87. The normalized spacial score (nSPS) is 11.0. The van der Waals surface area contributed by atoms with Gasteiger partial charge in [-0.15, -0.1) is 10.2 Å². The molecule has 0 aliphatic rings. The lowest BCUT2D eigenvalue weighted by Gasteiger charge is -2.05. The topological polar surface area (TPSA) is 72.5 Å². The monoisotopic (exact) mass is 340 g/mol. The van der Waals surface area contributed by atoms with Crippen LogP contribution in [0.1, 0.15) is 11.1 Å². The van der Waals surface area contributed by atoms with Gasteiger partial charge in [0.1, 0.15) is 6.33 Å². The van der Waals surface area contributed by atoms with E-state index in [-0.39, 0.29) is 5.75 Å². The number of thioether (sulfide) groups is 1. The maximum absolute atomic E-state index is 10.1. The summed E-state index contributed by atoms with van der Waals surface area (Å²) in [6.07, 6.45) is 3.08. The number of nitrogens with zero attached hydrogens (tertiary/aromatic N) is 4. The second kappa shape index (κ2) is 7.65. The van der Waals surface area contributed by atoms with Crippen LogP contribution in [0.5, 0.6) is 11.5 Å². The van der Waals surface area contributed by atoms with Gasteiger partial charge in [-0.05, 0) is 17.7 Å². The Balaban J connectivity index is 1.74. The molecule has 0 amide bonds. The highest BCUT2D eigenvalue weighted by atomic mass is 32.2. The van der Waals surface area contributed by atoms with Crippen LogP contribution in [-0.4, -0.2) is 33.3 Å². The molecule has 6 nitrogen and oxygen atoms in total. The van der Waals surface area contributed by atoms with Crippen molar-refractivity contribution in [2.75, 3.05) is 7.11 Å². The number of ether oxygens (including phenoxy) is 1. The molecular formula is C17H16N4O2S. The number of methoxy groups -OCH3 is 1. The molecule has 3 rings (SSSR count). The van der Waals surface area contributed by atoms with Gasteiger partial charge in [-0.2, -0.15) is 9.78 Å². The zero-order chi connectivity index (χ0) is 16.8. The van der Waals surface area contributed by atoms with Crippen LogP contribution in [0, 0.1) is 0 Å². The first-order valence-electron chi connectivity index (χ1n) is 7.25. The number of hydrogen-bond acceptors (Lipinski definition) is 6. The molecule has 1 aromatic heterocycles. The average Bonchev–Trinajstić information content (AvgIpc) is 3.07. The number of benzene rings is 2. The summed E-state index contributed by atoms with van der Waals surface area (Å²) >= 11 is 1.54. The lowest BCUT2D eigenvalue weighted by Crippen LogP contribution is -1.94. The average molecular weight is 340 g/mol. The third-order valence-electron chi connectivity index (χ3n) is 3.28. The molecule has 7 heteroatoms. The van der Waals surface area contributed by atoms with E-state index in [2.05, 4.69) is 27.4 Å². The van der Waals surface area contributed by atoms with Crippen molar-refractivity contribution in [1.82, 2.24) is 14.9 Å². The number of para-hydroxylation sites is 1. The Morgan fingerprint density at radius 1 is 1.21 bits per heavy atom. The van der Waals surface area contributed by atoms with Crippen LogP contribution in [0.25, 0.3) is 0 Å². The molecule has 0 saturated heterocycles. The van der Waals surface area contributed by atoms with Crippen molar-refractivity contribution in [3.8, 4) is 11.5 Å². The zero-order valence-corrected chi connectivity index (χ0v) is 13.8. The Kier molecular flexibility index (Phi) is 5.12. The first kappa shape index (κ1) is 16.1. The summed E-state index contributed by atoms with van der Waals surface area (Å²) < 4.78 is 6.66. The van der Waals surface area contributed by atoms with Crippen molar-refractivity contribution in [2.45, 2.75) is 10.9 Å². The SMILES string of the molecule is COc1cccc(/C=N\n2cnnc2SCc2ccccc2)c1O. The molecule has 0 aliphatic heterocycles. The molecule has 0 unspecified atom stereocenters. The fraction of sp³-hybridized carbons (Fsp3) is 0.118. The van der Waals surface area contributed by atoms with Crippen LogP contribution in [-0.2, 0) is 5.75 Å². The van der Waals surface area contributed by atoms with E-state index in [4.69, 9.17) is 4.74 Å². The van der Waals surface area contributed by atoms with Crippen LogP contribution >= 0.6 is 11.8 Å². The quantitative estimate of drug-likeness (QED) is 0.551. The van der Waals surface area contributed by atoms with Crippen molar-refractivity contribution < 1.29 is 9.84 Å². The molecule has 1 heterocycles. The smallest absolute Gasteiger partial charge is 0.212 e. The van der Waals surface area contributed by atoms with E-state index in [0.29, 0.717) is 16.5 Å². The van der Waals surface area contributed by atoms with Crippen LogP contribution in [0.2, 0.25) is 0 Å². The molecule has 24 heavy (non-hydrogen) atoms. The van der Waals surface area contributed by atoms with Gasteiger partial charge in [0.2, 0.25) is 5.16 Å². The van der Waals surface area contributed by atoms with E-state index in [1.54, 1.807) is 40.9 Å². The highest BCUT2D eigenvalue weighted by Gasteiger charge is 2.07. The van der Waals surface area contributed by atoms with Crippen molar-refractivity contribution in [3.05, 3.63) is 66.0 Å². The lowest BCUT2D eigenvalue weighted by molar-refractivity contribution is 0.373. The summed E-state index contributed by atoms with van der Waals surface area (Å²) in [5, 5.41) is 23.0. The van der Waals surface area contributed by atoms with E-state index in [0.717, 1.165) is 5.75 Å². The lowest BCUT2D eigenvalue weighted by atomic mass is 10.2. The van der Waals surface area contributed by atoms with E-state index in [1.807, 2.05) is 18.2 Å². The fourth-order valence-electron chi connectivity index (χ4n) is 2.05. The van der Waals surface area contributed by atoms with E-state index >= 15 is 0 Å². The second-order valence-electron chi connectivity index (χ2n) is 4.88. The summed E-state index contributed by atoms with van der Waals surface area (Å²) in [6, 6.07) is 15.3. The summed E-state index contributed by atoms with van der Waals surface area (Å²) in [7, 11) is 1.51. The van der Waals surface area contributed by atoms with Crippen LogP contribution in [0.4, 0.5) is 0 Å². The molecule has 0 bridgehead atoms. The first-order chi connectivity index (χ1) is 11.8. The van der Waals surface area contributed by atoms with Crippen molar-refractivity contribution in [3.63, 3.8) is 0 Å². The Labute approximate surface area is 143 Å². The number of aromatic nitrogens is 3. The van der Waals surface area contributed by atoms with Crippen LogP contribution in [0.15, 0.2) is 65.1 Å². The second-order valence-corrected chi connectivity index (χ2v) is 5.82. The maximum atomic E-state index is 10.1. The first-order valence-corrected chi connectivity index (χ1v) is 8.23. The van der Waals surface area contributed by atoms with Gasteiger partial charge in [-0.3, -0.25) is 0 Å². The van der Waals surface area contributed by atoms with Gasteiger partial charge in [-0.1, -0.05) is 48.2 Å². The molecule has 0 atom stereocenters. The van der Waals surface area contributed by atoms with Gasteiger partial charge in [0.25, 0.3) is 0 Å². The summed E-state index contributed by atoms with van der Waals surface area (Å²) in [4.78, 5) is 0. The Hall–Kier alpha value is -2.80. The Morgan fingerprint density at radius 2 is 2.04 bits per heavy atom.